The van der Waals surface area contributed by atoms with E-state index < -0.39 is 0 Å². The zero-order chi connectivity index (χ0) is 10.1. The van der Waals surface area contributed by atoms with E-state index in [-0.39, 0.29) is 12.4 Å². The van der Waals surface area contributed by atoms with Crippen LogP contribution in [0.15, 0.2) is 18.2 Å². The first-order valence-electron chi connectivity index (χ1n) is 4.54. The number of nitrogens with zero attached hydrogens (tertiary/aromatic N) is 1. The molecule has 0 unspecified atom stereocenters. The molecule has 2 N–H and O–H groups in total. The van der Waals surface area contributed by atoms with E-state index in [9.17, 15) is 5.11 Å². The molecule has 0 atom stereocenters. The van der Waals surface area contributed by atoms with Crippen LogP contribution in [0.4, 0.5) is 0 Å². The second-order valence-electron chi connectivity index (χ2n) is 3.25. The summed E-state index contributed by atoms with van der Waals surface area (Å²) in [5, 5.41) is 19.5. The third-order valence-corrected chi connectivity index (χ3v) is 2.46. The Kier molecular flexibility index (Phi) is 2.17. The number of hydrogen-bond acceptors (Lipinski definition) is 2. The number of rotatable bonds is 2. The first kappa shape index (κ1) is 9.09. The lowest BCUT2D eigenvalue weighted by Crippen LogP contribution is -2.03. The Morgan fingerprint density at radius 3 is 3.00 bits per heavy atom. The molecule has 1 heterocycles. The third kappa shape index (κ3) is 1.17. The molecule has 0 aliphatic carbocycles. The maximum absolute atomic E-state index is 9.78. The Bertz CT molecular complexity index is 460. The number of benzene rings is 1. The van der Waals surface area contributed by atoms with Gasteiger partial charge in [0.25, 0.3) is 0 Å². The van der Waals surface area contributed by atoms with Crippen molar-refractivity contribution in [2.75, 3.05) is 6.61 Å². The van der Waals surface area contributed by atoms with Crippen molar-refractivity contribution < 1.29 is 10.2 Å². The molecule has 0 saturated heterocycles. The largest absolute Gasteiger partial charge is 0.505 e. The summed E-state index contributed by atoms with van der Waals surface area (Å²) in [6.45, 7) is 2.42. The van der Waals surface area contributed by atoms with Crippen LogP contribution in [0.2, 0.25) is 0 Å². The molecule has 0 amide bonds. The molecular weight excluding hydrogens is 178 g/mol. The maximum Gasteiger partial charge on any atom is 0.144 e. The summed E-state index contributed by atoms with van der Waals surface area (Å²) in [4.78, 5) is 0. The van der Waals surface area contributed by atoms with Gasteiger partial charge in [0.2, 0.25) is 0 Å². The highest BCUT2D eigenvalue weighted by Gasteiger charge is 2.11. The van der Waals surface area contributed by atoms with Crippen molar-refractivity contribution >= 4 is 10.9 Å². The number of fused-ring (bicyclic) bond motifs is 1. The van der Waals surface area contributed by atoms with Gasteiger partial charge in [-0.2, -0.15) is 0 Å². The van der Waals surface area contributed by atoms with Crippen LogP contribution in [0.1, 0.15) is 5.69 Å². The summed E-state index contributed by atoms with van der Waals surface area (Å²) >= 11 is 0. The van der Waals surface area contributed by atoms with Gasteiger partial charge in [-0.25, -0.2) is 0 Å². The van der Waals surface area contributed by atoms with Crippen molar-refractivity contribution in [3.05, 3.63) is 30.0 Å². The lowest BCUT2D eigenvalue weighted by atomic mass is 10.2. The highest BCUT2D eigenvalue weighted by Crippen LogP contribution is 2.30. The van der Waals surface area contributed by atoms with Gasteiger partial charge in [0.05, 0.1) is 17.8 Å². The lowest BCUT2D eigenvalue weighted by molar-refractivity contribution is 0.276. The van der Waals surface area contributed by atoms with Crippen LogP contribution in [-0.4, -0.2) is 21.4 Å². The molecule has 3 nitrogen and oxygen atoms in total. The summed E-state index contributed by atoms with van der Waals surface area (Å²) in [6.07, 6.45) is 0. The molecule has 1 aromatic carbocycles. The third-order valence-electron chi connectivity index (χ3n) is 2.46. The second kappa shape index (κ2) is 3.35. The van der Waals surface area contributed by atoms with Crippen LogP contribution >= 0.6 is 0 Å². The molecule has 2 rings (SSSR count). The second-order valence-corrected chi connectivity index (χ2v) is 3.25. The van der Waals surface area contributed by atoms with Crippen LogP contribution < -0.4 is 0 Å². The van der Waals surface area contributed by atoms with Gasteiger partial charge in [-0.15, -0.1) is 0 Å². The Morgan fingerprint density at radius 2 is 2.29 bits per heavy atom. The lowest BCUT2D eigenvalue weighted by Gasteiger charge is -2.04. The molecule has 2 aromatic rings. The van der Waals surface area contributed by atoms with Crippen LogP contribution in [-0.2, 0) is 6.54 Å². The predicted molar refractivity (Wildman–Crippen MR) is 54.3 cm³/mol. The fourth-order valence-corrected chi connectivity index (χ4v) is 1.74. The molecule has 0 fully saturated rings. The van der Waals surface area contributed by atoms with E-state index in [2.05, 4.69) is 6.07 Å². The highest BCUT2D eigenvalue weighted by atomic mass is 16.3. The minimum Gasteiger partial charge on any atom is -0.505 e. The zero-order valence-electron chi connectivity index (χ0n) is 7.99. The van der Waals surface area contributed by atoms with E-state index in [1.807, 2.05) is 17.6 Å². The minimum absolute atomic E-state index is 0.0721. The molecule has 0 bridgehead atoms. The molecule has 1 aromatic heterocycles. The number of hydrogen-bond donors (Lipinski definition) is 2. The van der Waals surface area contributed by atoms with Gasteiger partial charge in [-0.1, -0.05) is 6.07 Å². The first-order chi connectivity index (χ1) is 6.75. The van der Waals surface area contributed by atoms with E-state index in [0.29, 0.717) is 6.54 Å². The standard InChI is InChI=1S/C11H12NO2/c1-8-11(14)9-4-2-3-5-10(9)12(8)6-7-13/h3-5,13-14H,6-7H2,1H3. The summed E-state index contributed by atoms with van der Waals surface area (Å²) in [6, 6.07) is 8.37. The Balaban J connectivity index is 2.74. The molecule has 0 aliphatic heterocycles. The summed E-state index contributed by atoms with van der Waals surface area (Å²) < 4.78 is 1.90. The van der Waals surface area contributed by atoms with E-state index in [1.54, 1.807) is 12.1 Å². The van der Waals surface area contributed by atoms with Crippen molar-refractivity contribution in [3.63, 3.8) is 0 Å². The van der Waals surface area contributed by atoms with E-state index >= 15 is 0 Å². The normalized spacial score (nSPS) is 11.0. The van der Waals surface area contributed by atoms with Gasteiger partial charge < -0.3 is 14.8 Å². The monoisotopic (exact) mass is 190 g/mol. The van der Waals surface area contributed by atoms with Crippen molar-refractivity contribution in [1.82, 2.24) is 4.57 Å². The minimum atomic E-state index is 0.0721. The fourth-order valence-electron chi connectivity index (χ4n) is 1.74. The number of aliphatic hydroxyl groups is 1. The van der Waals surface area contributed by atoms with Crippen molar-refractivity contribution in [3.8, 4) is 5.75 Å². The zero-order valence-corrected chi connectivity index (χ0v) is 7.99. The van der Waals surface area contributed by atoms with E-state index in [4.69, 9.17) is 5.11 Å². The van der Waals surface area contributed by atoms with Gasteiger partial charge in [-0.05, 0) is 25.1 Å². The molecule has 73 valence electrons. The molecule has 0 aliphatic rings. The average Bonchev–Trinajstić information content (AvgIpc) is 2.45. The molecule has 14 heavy (non-hydrogen) atoms. The summed E-state index contributed by atoms with van der Waals surface area (Å²) in [5.74, 6) is 0.283. The van der Waals surface area contributed by atoms with E-state index in [1.165, 1.54) is 0 Å². The quantitative estimate of drug-likeness (QED) is 0.752. The topological polar surface area (TPSA) is 45.4 Å². The first-order valence-corrected chi connectivity index (χ1v) is 4.54. The summed E-state index contributed by atoms with van der Waals surface area (Å²) in [7, 11) is 0. The van der Waals surface area contributed by atoms with Crippen LogP contribution in [0.3, 0.4) is 0 Å². The maximum atomic E-state index is 9.78. The van der Waals surface area contributed by atoms with Crippen LogP contribution in [0.25, 0.3) is 10.9 Å². The van der Waals surface area contributed by atoms with Crippen molar-refractivity contribution in [2.45, 2.75) is 13.5 Å². The fraction of sp³-hybridized carbons (Fsp3) is 0.273. The molecule has 0 spiro atoms. The van der Waals surface area contributed by atoms with Gasteiger partial charge in [0.1, 0.15) is 5.75 Å². The molecule has 0 saturated carbocycles. The van der Waals surface area contributed by atoms with E-state index in [0.717, 1.165) is 16.6 Å². The summed E-state index contributed by atoms with van der Waals surface area (Å²) in [5.41, 5.74) is 1.72. The number of aromatic hydroxyl groups is 1. The predicted octanol–water partition coefficient (Wildman–Crippen LogP) is 1.45. The smallest absolute Gasteiger partial charge is 0.144 e. The highest BCUT2D eigenvalue weighted by molar-refractivity contribution is 5.88. The van der Waals surface area contributed by atoms with Gasteiger partial charge >= 0.3 is 0 Å². The van der Waals surface area contributed by atoms with Crippen molar-refractivity contribution in [1.29, 1.82) is 0 Å². The number of aromatic nitrogens is 1. The van der Waals surface area contributed by atoms with Gasteiger partial charge in [0, 0.05) is 11.9 Å². The Morgan fingerprint density at radius 1 is 1.50 bits per heavy atom. The van der Waals surface area contributed by atoms with Gasteiger partial charge in [-0.3, -0.25) is 0 Å². The molecule has 3 heteroatoms. The average molecular weight is 190 g/mol. The van der Waals surface area contributed by atoms with Gasteiger partial charge in [0.15, 0.2) is 0 Å². The van der Waals surface area contributed by atoms with Crippen molar-refractivity contribution in [2.24, 2.45) is 0 Å². The number of aliphatic hydroxyl groups excluding tert-OH is 1. The van der Waals surface area contributed by atoms with Crippen LogP contribution in [0, 0.1) is 13.0 Å². The van der Waals surface area contributed by atoms with Crippen LogP contribution in [0.5, 0.6) is 5.75 Å². The SMILES string of the molecule is Cc1c(O)c2c[c]ccc2n1CCO. The molecule has 1 radical (unpaired) electrons. The Hall–Kier alpha value is -1.48. The Labute approximate surface area is 82.2 Å². The molecular formula is C11H12NO2.